The molecule has 0 spiro atoms. The highest BCUT2D eigenvalue weighted by atomic mass is 35.5. The van der Waals surface area contributed by atoms with Crippen LogP contribution < -0.4 is 0 Å². The average Bonchev–Trinajstić information content (AvgIpc) is 3.04. The number of carbonyl (C=O) groups excluding carboxylic acids is 1. The summed E-state index contributed by atoms with van der Waals surface area (Å²) in [6.07, 6.45) is 3.54. The van der Waals surface area contributed by atoms with Crippen LogP contribution in [0, 0.1) is 0 Å². The summed E-state index contributed by atoms with van der Waals surface area (Å²) in [5, 5.41) is 0.462. The van der Waals surface area contributed by atoms with E-state index in [4.69, 9.17) is 23.2 Å². The Labute approximate surface area is 143 Å². The minimum absolute atomic E-state index is 0.156. The molecule has 0 radical (unpaired) electrons. The summed E-state index contributed by atoms with van der Waals surface area (Å²) in [6, 6.07) is 13.1. The first-order valence-corrected chi connectivity index (χ1v) is 7.53. The van der Waals surface area contributed by atoms with Crippen molar-refractivity contribution in [3.63, 3.8) is 0 Å². The molecule has 0 bridgehead atoms. The van der Waals surface area contributed by atoms with Crippen molar-refractivity contribution in [2.75, 3.05) is 7.11 Å². The van der Waals surface area contributed by atoms with Gasteiger partial charge in [0.1, 0.15) is 0 Å². The van der Waals surface area contributed by atoms with Crippen LogP contribution in [0.1, 0.15) is 10.4 Å². The van der Waals surface area contributed by atoms with Crippen molar-refractivity contribution < 1.29 is 9.53 Å². The molecular weight excluding hydrogens is 335 g/mol. The summed E-state index contributed by atoms with van der Waals surface area (Å²) in [5.41, 5.74) is 2.70. The molecule has 23 heavy (non-hydrogen) atoms. The standard InChI is InChI=1S/C17H12Cl2N2O2/c1-23-17(22)16-13(18)7-12(8-14(16)19)21-9-15(20-10-21)11-5-3-2-4-6-11/h2-10H,1H3. The molecule has 3 aromatic rings. The normalized spacial score (nSPS) is 10.6. The van der Waals surface area contributed by atoms with Gasteiger partial charge in [-0.25, -0.2) is 9.78 Å². The molecule has 0 aliphatic carbocycles. The lowest BCUT2D eigenvalue weighted by Gasteiger charge is -2.08. The predicted octanol–water partition coefficient (Wildman–Crippen LogP) is 4.63. The third-order valence-corrected chi connectivity index (χ3v) is 3.96. The quantitative estimate of drug-likeness (QED) is 0.649. The van der Waals surface area contributed by atoms with E-state index in [-0.39, 0.29) is 15.6 Å². The van der Waals surface area contributed by atoms with Crippen molar-refractivity contribution in [2.24, 2.45) is 0 Å². The number of methoxy groups -OCH3 is 1. The molecule has 0 atom stereocenters. The number of halogens is 2. The summed E-state index contributed by atoms with van der Waals surface area (Å²) >= 11 is 12.3. The van der Waals surface area contributed by atoms with Crippen molar-refractivity contribution in [1.82, 2.24) is 9.55 Å². The highest BCUT2D eigenvalue weighted by Gasteiger charge is 2.17. The predicted molar refractivity (Wildman–Crippen MR) is 90.4 cm³/mol. The van der Waals surface area contributed by atoms with E-state index < -0.39 is 5.97 Å². The molecule has 1 aromatic heterocycles. The Kier molecular flexibility index (Phi) is 4.37. The van der Waals surface area contributed by atoms with Crippen LogP contribution in [-0.2, 0) is 4.74 Å². The highest BCUT2D eigenvalue weighted by Crippen LogP contribution is 2.29. The zero-order valence-electron chi connectivity index (χ0n) is 12.2. The van der Waals surface area contributed by atoms with Gasteiger partial charge in [0, 0.05) is 17.4 Å². The lowest BCUT2D eigenvalue weighted by Crippen LogP contribution is -2.04. The second-order valence-corrected chi connectivity index (χ2v) is 5.62. The summed E-state index contributed by atoms with van der Waals surface area (Å²) in [4.78, 5) is 16.1. The van der Waals surface area contributed by atoms with Gasteiger partial charge in [-0.1, -0.05) is 53.5 Å². The Morgan fingerprint density at radius 3 is 2.39 bits per heavy atom. The first-order valence-electron chi connectivity index (χ1n) is 6.77. The lowest BCUT2D eigenvalue weighted by molar-refractivity contribution is 0.0601. The van der Waals surface area contributed by atoms with Crippen LogP contribution in [0.3, 0.4) is 0 Å². The first-order chi connectivity index (χ1) is 11.1. The van der Waals surface area contributed by atoms with Gasteiger partial charge in [-0.05, 0) is 12.1 Å². The van der Waals surface area contributed by atoms with Crippen molar-refractivity contribution in [3.05, 3.63) is 70.6 Å². The monoisotopic (exact) mass is 346 g/mol. The lowest BCUT2D eigenvalue weighted by atomic mass is 10.2. The summed E-state index contributed by atoms with van der Waals surface area (Å²) < 4.78 is 6.47. The smallest absolute Gasteiger partial charge is 0.340 e. The molecule has 4 nitrogen and oxygen atoms in total. The minimum atomic E-state index is -0.567. The number of imidazole rings is 1. The van der Waals surface area contributed by atoms with E-state index >= 15 is 0 Å². The third kappa shape index (κ3) is 3.09. The number of benzene rings is 2. The van der Waals surface area contributed by atoms with Crippen LogP contribution in [0.25, 0.3) is 16.9 Å². The maximum Gasteiger partial charge on any atom is 0.340 e. The number of hydrogen-bond acceptors (Lipinski definition) is 3. The maximum absolute atomic E-state index is 11.7. The van der Waals surface area contributed by atoms with Gasteiger partial charge in [0.05, 0.1) is 34.7 Å². The number of rotatable bonds is 3. The van der Waals surface area contributed by atoms with Gasteiger partial charge in [0.25, 0.3) is 0 Å². The first kappa shape index (κ1) is 15.6. The molecule has 2 aromatic carbocycles. The van der Waals surface area contributed by atoms with E-state index in [1.165, 1.54) is 7.11 Å². The fourth-order valence-electron chi connectivity index (χ4n) is 2.23. The Hall–Kier alpha value is -2.30. The Morgan fingerprint density at radius 2 is 1.78 bits per heavy atom. The summed E-state index contributed by atoms with van der Waals surface area (Å²) in [6.45, 7) is 0. The van der Waals surface area contributed by atoms with E-state index in [0.717, 1.165) is 11.3 Å². The van der Waals surface area contributed by atoms with E-state index in [2.05, 4.69) is 9.72 Å². The van der Waals surface area contributed by atoms with E-state index in [1.807, 2.05) is 36.5 Å². The zero-order valence-corrected chi connectivity index (χ0v) is 13.7. The molecule has 0 saturated heterocycles. The fraction of sp³-hybridized carbons (Fsp3) is 0.0588. The number of nitrogens with zero attached hydrogens (tertiary/aromatic N) is 2. The van der Waals surface area contributed by atoms with Crippen LogP contribution in [0.5, 0.6) is 0 Å². The van der Waals surface area contributed by atoms with E-state index in [1.54, 1.807) is 23.0 Å². The van der Waals surface area contributed by atoms with Gasteiger partial charge in [0.2, 0.25) is 0 Å². The summed E-state index contributed by atoms with van der Waals surface area (Å²) in [5.74, 6) is -0.567. The van der Waals surface area contributed by atoms with Gasteiger partial charge in [-0.15, -0.1) is 0 Å². The van der Waals surface area contributed by atoms with Gasteiger partial charge < -0.3 is 9.30 Å². The molecule has 6 heteroatoms. The average molecular weight is 347 g/mol. The Bertz CT molecular complexity index is 837. The largest absolute Gasteiger partial charge is 0.465 e. The van der Waals surface area contributed by atoms with Gasteiger partial charge in [0.15, 0.2) is 0 Å². The third-order valence-electron chi connectivity index (χ3n) is 3.37. The number of hydrogen-bond donors (Lipinski definition) is 0. The van der Waals surface area contributed by atoms with Crippen molar-refractivity contribution >= 4 is 29.2 Å². The van der Waals surface area contributed by atoms with Crippen molar-refractivity contribution in [3.8, 4) is 16.9 Å². The minimum Gasteiger partial charge on any atom is -0.465 e. The van der Waals surface area contributed by atoms with Gasteiger partial charge >= 0.3 is 5.97 Å². The zero-order chi connectivity index (χ0) is 16.4. The molecule has 3 rings (SSSR count). The Balaban J connectivity index is 2.00. The molecular formula is C17H12Cl2N2O2. The number of esters is 1. The van der Waals surface area contributed by atoms with Gasteiger partial charge in [-0.2, -0.15) is 0 Å². The van der Waals surface area contributed by atoms with E-state index in [0.29, 0.717) is 5.69 Å². The molecule has 0 amide bonds. The van der Waals surface area contributed by atoms with Crippen LogP contribution in [0.2, 0.25) is 10.0 Å². The topological polar surface area (TPSA) is 44.1 Å². The van der Waals surface area contributed by atoms with Crippen molar-refractivity contribution in [1.29, 1.82) is 0 Å². The van der Waals surface area contributed by atoms with Crippen molar-refractivity contribution in [2.45, 2.75) is 0 Å². The van der Waals surface area contributed by atoms with Crippen LogP contribution in [0.15, 0.2) is 55.0 Å². The molecule has 0 aliphatic rings. The molecule has 0 N–H and O–H groups in total. The molecule has 0 fully saturated rings. The van der Waals surface area contributed by atoms with Crippen LogP contribution >= 0.6 is 23.2 Å². The Morgan fingerprint density at radius 1 is 1.13 bits per heavy atom. The number of ether oxygens (including phenoxy) is 1. The molecule has 0 saturated carbocycles. The fourth-order valence-corrected chi connectivity index (χ4v) is 2.86. The van der Waals surface area contributed by atoms with Crippen LogP contribution in [-0.4, -0.2) is 22.6 Å². The van der Waals surface area contributed by atoms with E-state index in [9.17, 15) is 4.79 Å². The summed E-state index contributed by atoms with van der Waals surface area (Å²) in [7, 11) is 1.28. The molecule has 0 unspecified atom stereocenters. The molecule has 0 aliphatic heterocycles. The molecule has 1 heterocycles. The van der Waals surface area contributed by atoms with Gasteiger partial charge in [-0.3, -0.25) is 0 Å². The van der Waals surface area contributed by atoms with Crippen LogP contribution in [0.4, 0.5) is 0 Å². The SMILES string of the molecule is COC(=O)c1c(Cl)cc(-n2cnc(-c3ccccc3)c2)cc1Cl. The second-order valence-electron chi connectivity index (χ2n) is 4.81. The second kappa shape index (κ2) is 6.44. The highest BCUT2D eigenvalue weighted by molar-refractivity contribution is 6.39. The maximum atomic E-state index is 11.7. The number of aromatic nitrogens is 2. The molecule has 116 valence electrons. The number of carbonyl (C=O) groups is 1.